The van der Waals surface area contributed by atoms with Crippen molar-refractivity contribution in [3.63, 3.8) is 0 Å². The van der Waals surface area contributed by atoms with Gasteiger partial charge in [0.1, 0.15) is 23.8 Å². The van der Waals surface area contributed by atoms with Gasteiger partial charge in [-0.05, 0) is 6.92 Å². The molecule has 0 saturated carbocycles. The number of carbonyl (C=O) groups is 1. The van der Waals surface area contributed by atoms with Crippen LogP contribution in [0, 0.1) is 0 Å². The summed E-state index contributed by atoms with van der Waals surface area (Å²) in [5.74, 6) is -0.164. The number of hydrogen-bond donors (Lipinski definition) is 6. The third kappa shape index (κ3) is 3.63. The fourth-order valence-corrected chi connectivity index (χ4v) is 2.58. The number of amides is 2. The molecule has 1 aliphatic heterocycles. The molecule has 14 heteroatoms. The molecule has 3 heterocycles. The Morgan fingerprint density at radius 1 is 1.41 bits per heavy atom. The average Bonchev–Trinajstić information content (AvgIpc) is 3.17. The molecule has 3 rings (SSSR count). The Hall–Kier alpha value is -2.94. The van der Waals surface area contributed by atoms with Gasteiger partial charge in [-0.3, -0.25) is 4.57 Å². The quantitative estimate of drug-likeness (QED) is 0.258. The minimum atomic E-state index is -1.32. The second-order valence-electron chi connectivity index (χ2n) is 5.63. The summed E-state index contributed by atoms with van der Waals surface area (Å²) in [6, 6.07) is -0.549. The summed E-state index contributed by atoms with van der Waals surface area (Å²) in [4.78, 5) is 23.4. The van der Waals surface area contributed by atoms with Gasteiger partial charge in [0.2, 0.25) is 0 Å². The van der Waals surface area contributed by atoms with Crippen LogP contribution in [0.2, 0.25) is 0 Å². The van der Waals surface area contributed by atoms with Crippen molar-refractivity contribution in [2.24, 2.45) is 10.3 Å². The molecule has 2 amide bonds. The summed E-state index contributed by atoms with van der Waals surface area (Å²) in [6.45, 7) is 1.69. The van der Waals surface area contributed by atoms with E-state index in [1.807, 2.05) is 0 Å². The Labute approximate surface area is 152 Å². The summed E-state index contributed by atoms with van der Waals surface area (Å²) < 4.78 is 6.80. The first-order chi connectivity index (χ1) is 13.0. The van der Waals surface area contributed by atoms with Crippen molar-refractivity contribution in [2.75, 3.05) is 18.9 Å². The number of imidazole rings is 1. The average molecular weight is 381 g/mol. The van der Waals surface area contributed by atoms with Crippen LogP contribution in [0.4, 0.5) is 16.6 Å². The lowest BCUT2D eigenvalue weighted by atomic mass is 10.1. The largest absolute Gasteiger partial charge is 0.394 e. The summed E-state index contributed by atoms with van der Waals surface area (Å²) in [6.07, 6.45) is -3.29. The van der Waals surface area contributed by atoms with Gasteiger partial charge in [0.05, 0.1) is 12.9 Å². The number of ether oxygens (including phenoxy) is 1. The minimum absolute atomic E-state index is 0.00236. The Morgan fingerprint density at radius 2 is 2.19 bits per heavy atom. The Kier molecular flexibility index (Phi) is 5.41. The van der Waals surface area contributed by atoms with Crippen LogP contribution in [0.1, 0.15) is 13.2 Å². The van der Waals surface area contributed by atoms with Crippen molar-refractivity contribution in [3.8, 4) is 0 Å². The third-order valence-electron chi connectivity index (χ3n) is 3.86. The zero-order chi connectivity index (χ0) is 19.6. The fourth-order valence-electron chi connectivity index (χ4n) is 2.58. The van der Waals surface area contributed by atoms with Gasteiger partial charge in [0, 0.05) is 6.54 Å². The van der Waals surface area contributed by atoms with Crippen molar-refractivity contribution in [3.05, 3.63) is 6.33 Å². The maximum atomic E-state index is 11.3. The molecule has 146 valence electrons. The second kappa shape index (κ2) is 7.75. The fraction of sp³-hybridized carbons (Fsp3) is 0.538. The molecule has 0 bridgehead atoms. The van der Waals surface area contributed by atoms with Crippen molar-refractivity contribution in [1.82, 2.24) is 30.3 Å². The van der Waals surface area contributed by atoms with Gasteiger partial charge < -0.3 is 31.1 Å². The molecule has 14 nitrogen and oxygen atoms in total. The summed E-state index contributed by atoms with van der Waals surface area (Å²) in [5.41, 5.74) is 8.37. The van der Waals surface area contributed by atoms with Gasteiger partial charge in [-0.15, -0.1) is 0 Å². The second-order valence-corrected chi connectivity index (χ2v) is 5.63. The molecule has 0 spiro atoms. The van der Waals surface area contributed by atoms with E-state index in [-0.39, 0.29) is 22.9 Å². The molecule has 27 heavy (non-hydrogen) atoms. The number of aliphatic hydroxyl groups excluding tert-OH is 3. The molecular weight excluding hydrogens is 362 g/mol. The molecule has 7 N–H and O–H groups in total. The van der Waals surface area contributed by atoms with Crippen molar-refractivity contribution in [1.29, 1.82) is 0 Å². The number of urea groups is 1. The number of carbonyl (C=O) groups excluding carboxylic acids is 1. The van der Waals surface area contributed by atoms with Crippen LogP contribution in [0.3, 0.4) is 0 Å². The Morgan fingerprint density at radius 3 is 2.85 bits per heavy atom. The maximum Gasteiger partial charge on any atom is 0.336 e. The smallest absolute Gasteiger partial charge is 0.336 e. The predicted molar refractivity (Wildman–Crippen MR) is 89.5 cm³/mol. The molecule has 1 aliphatic rings. The number of nitrogens with two attached hydrogens (primary N) is 1. The highest BCUT2D eigenvalue weighted by Gasteiger charge is 2.44. The standard InChI is InChI=1S/C13H19N9O5/c1-2-15-13(26)20-21-19-12-17-9(14)6-10(18-12)22(4-16-6)11-8(25)7(24)5(3-23)27-11/h4-5,7-8,11,23-25H,2-3H2,1H3,(H4,14,15,17,18,19,20,26)/t5-,7-,8-,11-/m1/s1. The minimum Gasteiger partial charge on any atom is -0.394 e. The summed E-state index contributed by atoms with van der Waals surface area (Å²) >= 11 is 0. The van der Waals surface area contributed by atoms with Gasteiger partial charge in [0.25, 0.3) is 5.95 Å². The van der Waals surface area contributed by atoms with E-state index in [4.69, 9.17) is 10.5 Å². The van der Waals surface area contributed by atoms with Gasteiger partial charge in [-0.1, -0.05) is 10.3 Å². The van der Waals surface area contributed by atoms with Crippen molar-refractivity contribution < 1.29 is 24.9 Å². The van der Waals surface area contributed by atoms with Crippen molar-refractivity contribution in [2.45, 2.75) is 31.5 Å². The molecule has 1 saturated heterocycles. The van der Waals surface area contributed by atoms with Gasteiger partial charge >= 0.3 is 6.03 Å². The molecule has 0 unspecified atom stereocenters. The van der Waals surface area contributed by atoms with E-state index in [2.05, 4.69) is 36.0 Å². The van der Waals surface area contributed by atoms with Crippen LogP contribution in [-0.2, 0) is 4.74 Å². The molecular formula is C13H19N9O5. The third-order valence-corrected chi connectivity index (χ3v) is 3.86. The van der Waals surface area contributed by atoms with Gasteiger partial charge in [-0.25, -0.2) is 15.2 Å². The van der Waals surface area contributed by atoms with Gasteiger partial charge in [0.15, 0.2) is 17.7 Å². The highest BCUT2D eigenvalue weighted by atomic mass is 16.6. The van der Waals surface area contributed by atoms with E-state index in [1.54, 1.807) is 6.92 Å². The molecule has 4 atom stereocenters. The number of fused-ring (bicyclic) bond motifs is 1. The molecule has 0 aromatic carbocycles. The lowest BCUT2D eigenvalue weighted by molar-refractivity contribution is -0.0511. The molecule has 0 aliphatic carbocycles. The number of nitrogens with zero attached hydrogens (tertiary/aromatic N) is 6. The number of aliphatic hydroxyl groups is 3. The first-order valence-electron chi connectivity index (χ1n) is 8.03. The number of rotatable bonds is 5. The van der Waals surface area contributed by atoms with Crippen LogP contribution >= 0.6 is 0 Å². The zero-order valence-corrected chi connectivity index (χ0v) is 14.2. The highest BCUT2D eigenvalue weighted by Crippen LogP contribution is 2.32. The van der Waals surface area contributed by atoms with E-state index >= 15 is 0 Å². The lowest BCUT2D eigenvalue weighted by Crippen LogP contribution is -2.33. The molecule has 2 aromatic heterocycles. The van der Waals surface area contributed by atoms with Crippen LogP contribution in [-0.4, -0.2) is 72.3 Å². The first-order valence-corrected chi connectivity index (χ1v) is 8.03. The van der Waals surface area contributed by atoms with E-state index in [0.717, 1.165) is 0 Å². The zero-order valence-electron chi connectivity index (χ0n) is 14.2. The lowest BCUT2D eigenvalue weighted by Gasteiger charge is -2.16. The van der Waals surface area contributed by atoms with Crippen LogP contribution in [0.25, 0.3) is 11.2 Å². The summed E-state index contributed by atoms with van der Waals surface area (Å²) in [5, 5.41) is 38.9. The number of aromatic nitrogens is 4. The summed E-state index contributed by atoms with van der Waals surface area (Å²) in [7, 11) is 0. The van der Waals surface area contributed by atoms with E-state index in [1.165, 1.54) is 10.9 Å². The first kappa shape index (κ1) is 18.8. The number of anilines is 1. The molecule has 1 fully saturated rings. The monoisotopic (exact) mass is 381 g/mol. The van der Waals surface area contributed by atoms with E-state index in [0.29, 0.717) is 6.54 Å². The number of hydrogen-bond acceptors (Lipinski definition) is 11. The van der Waals surface area contributed by atoms with Crippen LogP contribution in [0.15, 0.2) is 16.7 Å². The molecule has 2 aromatic rings. The number of nitrogen functional groups attached to an aromatic ring is 1. The van der Waals surface area contributed by atoms with E-state index < -0.39 is 37.2 Å². The Bertz CT molecular complexity index is 856. The topological polar surface area (TPSA) is 205 Å². The van der Waals surface area contributed by atoms with Crippen molar-refractivity contribution >= 4 is 29.0 Å². The SMILES string of the molecule is CCNC(=O)NN=Nc1nc(N)c2ncn([C@@H]3O[C@H](CO)[C@@H](O)[C@H]3O)c2n1. The normalized spacial score (nSPS) is 25.3. The van der Waals surface area contributed by atoms with Crippen LogP contribution in [0.5, 0.6) is 0 Å². The Balaban J connectivity index is 1.89. The van der Waals surface area contributed by atoms with E-state index in [9.17, 15) is 20.1 Å². The molecule has 0 radical (unpaired) electrons. The van der Waals surface area contributed by atoms with Gasteiger partial charge in [-0.2, -0.15) is 9.97 Å². The predicted octanol–water partition coefficient (Wildman–Crippen LogP) is -1.66. The maximum absolute atomic E-state index is 11.3. The number of nitrogens with one attached hydrogen (secondary N) is 2. The highest BCUT2D eigenvalue weighted by molar-refractivity contribution is 5.82. The van der Waals surface area contributed by atoms with Crippen LogP contribution < -0.4 is 16.5 Å².